The third kappa shape index (κ3) is 2.32. The minimum atomic E-state index is 0.510. The molecule has 0 saturated carbocycles. The van der Waals surface area contributed by atoms with Crippen LogP contribution in [0.3, 0.4) is 0 Å². The van der Waals surface area contributed by atoms with Crippen LogP contribution in [0.5, 0.6) is 0 Å². The summed E-state index contributed by atoms with van der Waals surface area (Å²) < 4.78 is 0.904. The van der Waals surface area contributed by atoms with Crippen LogP contribution in [0.4, 0.5) is 5.69 Å². The molecule has 0 spiro atoms. The summed E-state index contributed by atoms with van der Waals surface area (Å²) in [6.45, 7) is 0. The van der Waals surface area contributed by atoms with Crippen molar-refractivity contribution in [2.24, 2.45) is 0 Å². The zero-order valence-corrected chi connectivity index (χ0v) is 11.1. The van der Waals surface area contributed by atoms with Crippen molar-refractivity contribution in [1.29, 1.82) is 0 Å². The molecule has 0 bridgehead atoms. The fourth-order valence-corrected chi connectivity index (χ4v) is 3.16. The van der Waals surface area contributed by atoms with E-state index in [9.17, 15) is 0 Å². The van der Waals surface area contributed by atoms with Gasteiger partial charge in [-0.3, -0.25) is 0 Å². The summed E-state index contributed by atoms with van der Waals surface area (Å²) in [4.78, 5) is 0. The van der Waals surface area contributed by atoms with Crippen LogP contribution >= 0.6 is 50.9 Å². The molecule has 1 saturated heterocycles. The van der Waals surface area contributed by atoms with E-state index in [1.54, 1.807) is 0 Å². The minimum absolute atomic E-state index is 0.510. The van der Waals surface area contributed by atoms with Crippen molar-refractivity contribution in [3.63, 3.8) is 0 Å². The number of rotatable bonds is 2. The number of thioether (sulfide) groups is 1. The van der Waals surface area contributed by atoms with Gasteiger partial charge in [-0.05, 0) is 12.1 Å². The van der Waals surface area contributed by atoms with Crippen LogP contribution in [-0.4, -0.2) is 17.5 Å². The fraction of sp³-hybridized carbons (Fsp3) is 0.333. The van der Waals surface area contributed by atoms with Crippen LogP contribution in [0.25, 0.3) is 0 Å². The highest BCUT2D eigenvalue weighted by molar-refractivity contribution is 9.10. The van der Waals surface area contributed by atoms with Gasteiger partial charge in [-0.25, -0.2) is 0 Å². The Morgan fingerprint density at radius 3 is 2.29 bits per heavy atom. The smallest absolute Gasteiger partial charge is 0.0722 e. The molecule has 5 heteroatoms. The first-order valence-electron chi connectivity index (χ1n) is 4.15. The van der Waals surface area contributed by atoms with Crippen LogP contribution in [0.1, 0.15) is 0 Å². The molecule has 1 aromatic rings. The van der Waals surface area contributed by atoms with Crippen molar-refractivity contribution in [3.05, 3.63) is 26.7 Å². The Morgan fingerprint density at radius 1 is 1.29 bits per heavy atom. The third-order valence-electron chi connectivity index (χ3n) is 1.99. The van der Waals surface area contributed by atoms with Gasteiger partial charge in [0.15, 0.2) is 0 Å². The Kier molecular flexibility index (Phi) is 3.53. The second-order valence-electron chi connectivity index (χ2n) is 3.12. The van der Waals surface area contributed by atoms with E-state index in [4.69, 9.17) is 23.2 Å². The van der Waals surface area contributed by atoms with Crippen molar-refractivity contribution < 1.29 is 0 Å². The molecule has 1 aliphatic rings. The topological polar surface area (TPSA) is 12.0 Å². The lowest BCUT2D eigenvalue weighted by Gasteiger charge is -2.27. The average Bonchev–Trinajstić information content (AvgIpc) is 1.98. The maximum Gasteiger partial charge on any atom is 0.0722 e. The summed E-state index contributed by atoms with van der Waals surface area (Å²) in [6.07, 6.45) is 0. The summed E-state index contributed by atoms with van der Waals surface area (Å²) in [5.41, 5.74) is 0.849. The van der Waals surface area contributed by atoms with Gasteiger partial charge in [0.25, 0.3) is 0 Å². The number of benzene rings is 1. The molecule has 2 rings (SSSR count). The Labute approximate surface area is 106 Å². The van der Waals surface area contributed by atoms with E-state index in [-0.39, 0.29) is 0 Å². The van der Waals surface area contributed by atoms with Gasteiger partial charge in [0.2, 0.25) is 0 Å². The molecule has 1 nitrogen and oxygen atoms in total. The average molecular weight is 313 g/mol. The molecule has 76 valence electrons. The summed E-state index contributed by atoms with van der Waals surface area (Å²) in [6, 6.07) is 4.21. The summed E-state index contributed by atoms with van der Waals surface area (Å²) >= 11 is 17.4. The molecule has 0 unspecified atom stereocenters. The highest BCUT2D eigenvalue weighted by Gasteiger charge is 2.20. The van der Waals surface area contributed by atoms with Gasteiger partial charge in [0, 0.05) is 22.0 Å². The van der Waals surface area contributed by atoms with E-state index in [2.05, 4.69) is 21.2 Å². The van der Waals surface area contributed by atoms with Crippen LogP contribution in [-0.2, 0) is 0 Å². The van der Waals surface area contributed by atoms with Crippen LogP contribution < -0.4 is 5.32 Å². The van der Waals surface area contributed by atoms with E-state index in [0.29, 0.717) is 16.1 Å². The van der Waals surface area contributed by atoms with E-state index < -0.39 is 0 Å². The van der Waals surface area contributed by atoms with Crippen LogP contribution in [0.15, 0.2) is 16.6 Å². The van der Waals surface area contributed by atoms with Crippen LogP contribution in [0.2, 0.25) is 10.0 Å². The maximum absolute atomic E-state index is 6.08. The number of anilines is 1. The molecule has 14 heavy (non-hydrogen) atoms. The summed E-state index contributed by atoms with van der Waals surface area (Å²) in [5.74, 6) is 2.26. The second kappa shape index (κ2) is 4.52. The van der Waals surface area contributed by atoms with Gasteiger partial charge in [-0.2, -0.15) is 11.8 Å². The van der Waals surface area contributed by atoms with E-state index in [0.717, 1.165) is 21.7 Å². The van der Waals surface area contributed by atoms with Crippen molar-refractivity contribution in [3.8, 4) is 0 Å². The van der Waals surface area contributed by atoms with Gasteiger partial charge in [-0.15, -0.1) is 0 Å². The normalized spacial score (nSPS) is 16.5. The SMILES string of the molecule is Clc1cc(Br)cc(Cl)c1NC1CSC1. The predicted octanol–water partition coefficient (Wildman–Crippen LogP) is 4.28. The molecule has 0 aromatic heterocycles. The van der Waals surface area contributed by atoms with Gasteiger partial charge in [0.05, 0.1) is 15.7 Å². The largest absolute Gasteiger partial charge is 0.378 e. The zero-order valence-electron chi connectivity index (χ0n) is 7.19. The van der Waals surface area contributed by atoms with Gasteiger partial charge < -0.3 is 5.32 Å². The van der Waals surface area contributed by atoms with E-state index in [1.165, 1.54) is 0 Å². The number of hydrogen-bond acceptors (Lipinski definition) is 2. The lowest BCUT2D eigenvalue weighted by Crippen LogP contribution is -2.33. The number of halogens is 3. The zero-order chi connectivity index (χ0) is 10.1. The van der Waals surface area contributed by atoms with Crippen LogP contribution in [0, 0.1) is 0 Å². The second-order valence-corrected chi connectivity index (χ2v) is 5.93. The van der Waals surface area contributed by atoms with Crippen molar-refractivity contribution in [2.75, 3.05) is 16.8 Å². The first-order chi connectivity index (χ1) is 6.66. The maximum atomic E-state index is 6.08. The molecule has 1 aromatic carbocycles. The molecule has 0 amide bonds. The molecule has 1 fully saturated rings. The molecule has 0 atom stereocenters. The lowest BCUT2D eigenvalue weighted by atomic mass is 10.2. The fourth-order valence-electron chi connectivity index (χ4n) is 1.20. The monoisotopic (exact) mass is 311 g/mol. The van der Waals surface area contributed by atoms with E-state index >= 15 is 0 Å². The summed E-state index contributed by atoms with van der Waals surface area (Å²) in [7, 11) is 0. The Bertz CT molecular complexity index is 332. The number of nitrogens with one attached hydrogen (secondary N) is 1. The van der Waals surface area contributed by atoms with Crippen molar-refractivity contribution in [2.45, 2.75) is 6.04 Å². The molecular weight excluding hydrogens is 305 g/mol. The minimum Gasteiger partial charge on any atom is -0.378 e. The Balaban J connectivity index is 2.22. The predicted molar refractivity (Wildman–Crippen MR) is 68.9 cm³/mol. The third-order valence-corrected chi connectivity index (χ3v) is 4.32. The molecule has 1 N–H and O–H groups in total. The van der Waals surface area contributed by atoms with Crippen molar-refractivity contribution >= 4 is 56.6 Å². The lowest BCUT2D eigenvalue weighted by molar-refractivity contribution is 0.882. The van der Waals surface area contributed by atoms with E-state index in [1.807, 2.05) is 23.9 Å². The highest BCUT2D eigenvalue weighted by Crippen LogP contribution is 2.35. The first kappa shape index (κ1) is 10.9. The first-order valence-corrected chi connectivity index (χ1v) is 6.86. The van der Waals surface area contributed by atoms with Gasteiger partial charge in [-0.1, -0.05) is 39.1 Å². The molecule has 1 heterocycles. The highest BCUT2D eigenvalue weighted by atomic mass is 79.9. The molecular formula is C9H8BrCl2NS. The van der Waals surface area contributed by atoms with Gasteiger partial charge in [0.1, 0.15) is 0 Å². The molecule has 0 radical (unpaired) electrons. The Hall–Kier alpha value is 0.430. The Morgan fingerprint density at radius 2 is 1.86 bits per heavy atom. The molecule has 1 aliphatic heterocycles. The number of hydrogen-bond donors (Lipinski definition) is 1. The van der Waals surface area contributed by atoms with Crippen molar-refractivity contribution in [1.82, 2.24) is 0 Å². The quantitative estimate of drug-likeness (QED) is 0.874. The molecule has 0 aliphatic carbocycles. The summed E-state index contributed by atoms with van der Waals surface area (Å²) in [5, 5.41) is 4.67. The van der Waals surface area contributed by atoms with Gasteiger partial charge >= 0.3 is 0 Å². The standard InChI is InChI=1S/C9H8BrCl2NS/c10-5-1-7(11)9(8(12)2-5)13-6-3-14-4-6/h1-2,6,13H,3-4H2.